The van der Waals surface area contributed by atoms with Crippen LogP contribution in [0.1, 0.15) is 25.6 Å². The lowest BCUT2D eigenvalue weighted by Gasteiger charge is -2.34. The number of carbonyl (C=O) groups is 3. The first-order valence-corrected chi connectivity index (χ1v) is 10.1. The Morgan fingerprint density at radius 2 is 1.72 bits per heavy atom. The molecule has 1 aliphatic rings. The molecule has 148 valence electrons. The van der Waals surface area contributed by atoms with Crippen LogP contribution in [0.3, 0.4) is 0 Å². The highest BCUT2D eigenvalue weighted by atomic mass is 32.1. The van der Waals surface area contributed by atoms with Crippen molar-refractivity contribution >= 4 is 40.0 Å². The first kappa shape index (κ1) is 19.2. The van der Waals surface area contributed by atoms with Crippen molar-refractivity contribution in [1.29, 1.82) is 0 Å². The first-order valence-electron chi connectivity index (χ1n) is 9.32. The number of benzene rings is 2. The monoisotopic (exact) mass is 408 g/mol. The molecule has 0 atom stereocenters. The van der Waals surface area contributed by atoms with E-state index in [1.54, 1.807) is 18.2 Å². The molecule has 1 fully saturated rings. The average Bonchev–Trinajstić information content (AvgIpc) is 3.17. The number of aromatic nitrogens is 1. The van der Waals surface area contributed by atoms with E-state index in [0.29, 0.717) is 29.6 Å². The van der Waals surface area contributed by atoms with Crippen molar-refractivity contribution in [2.75, 3.05) is 26.2 Å². The van der Waals surface area contributed by atoms with E-state index < -0.39 is 11.7 Å². The van der Waals surface area contributed by atoms with Crippen LogP contribution in [0.15, 0.2) is 48.5 Å². The maximum Gasteiger partial charge on any atom is 0.290 e. The number of carbonyl (C=O) groups excluding carboxylic acids is 3. The third-order valence-electron chi connectivity index (χ3n) is 5.06. The van der Waals surface area contributed by atoms with Crippen molar-refractivity contribution in [2.45, 2.75) is 6.54 Å². The number of rotatable bonds is 5. The van der Waals surface area contributed by atoms with Crippen LogP contribution >= 0.6 is 11.5 Å². The van der Waals surface area contributed by atoms with E-state index in [2.05, 4.69) is 21.4 Å². The van der Waals surface area contributed by atoms with Crippen LogP contribution < -0.4 is 5.73 Å². The van der Waals surface area contributed by atoms with Gasteiger partial charge in [-0.1, -0.05) is 30.3 Å². The third kappa shape index (κ3) is 4.03. The quantitative estimate of drug-likeness (QED) is 0.514. The zero-order valence-electron chi connectivity index (χ0n) is 15.7. The predicted octanol–water partition coefficient (Wildman–Crippen LogP) is 1.92. The molecule has 2 amide bonds. The number of piperazine rings is 1. The summed E-state index contributed by atoms with van der Waals surface area (Å²) in [4.78, 5) is 40.5. The Kier molecular flexibility index (Phi) is 5.37. The number of amides is 2. The van der Waals surface area contributed by atoms with Crippen LogP contribution in [-0.2, 0) is 11.3 Å². The summed E-state index contributed by atoms with van der Waals surface area (Å²) in [5, 5.41) is 0.493. The van der Waals surface area contributed by atoms with E-state index in [0.717, 1.165) is 31.2 Å². The standard InChI is InChI=1S/C21H20N4O3S/c22-20(27)18(26)19-16-12-15(6-7-17(16)23-29-19)21(28)25-10-8-24(9-11-25)13-14-4-2-1-3-5-14/h1-7,12H,8-11,13H2,(H2,22,27). The van der Waals surface area contributed by atoms with Gasteiger partial charge in [-0.05, 0) is 35.3 Å². The predicted molar refractivity (Wildman–Crippen MR) is 111 cm³/mol. The molecule has 29 heavy (non-hydrogen) atoms. The fourth-order valence-corrected chi connectivity index (χ4v) is 4.28. The van der Waals surface area contributed by atoms with Crippen molar-refractivity contribution in [3.05, 3.63) is 64.5 Å². The SMILES string of the molecule is NC(=O)C(=O)c1snc2ccc(C(=O)N3CCN(Cc4ccccc4)CC3)cc12. The molecule has 0 bridgehead atoms. The average molecular weight is 408 g/mol. The fraction of sp³-hybridized carbons (Fsp3) is 0.238. The van der Waals surface area contributed by atoms with Crippen LogP contribution in [0.4, 0.5) is 0 Å². The molecule has 7 nitrogen and oxygen atoms in total. The van der Waals surface area contributed by atoms with Gasteiger partial charge in [-0.15, -0.1) is 0 Å². The zero-order chi connectivity index (χ0) is 20.4. The van der Waals surface area contributed by atoms with Gasteiger partial charge in [0.05, 0.1) is 5.52 Å². The van der Waals surface area contributed by atoms with Gasteiger partial charge in [-0.2, -0.15) is 4.37 Å². The Balaban J connectivity index is 1.46. The first-order chi connectivity index (χ1) is 14.0. The molecule has 0 radical (unpaired) electrons. The summed E-state index contributed by atoms with van der Waals surface area (Å²) in [6, 6.07) is 15.3. The Bertz CT molecular complexity index is 1070. The van der Waals surface area contributed by atoms with E-state index in [1.165, 1.54) is 5.56 Å². The lowest BCUT2D eigenvalue weighted by Crippen LogP contribution is -2.48. The molecule has 1 aliphatic heterocycles. The summed E-state index contributed by atoms with van der Waals surface area (Å²) in [7, 11) is 0. The molecule has 4 rings (SSSR count). The molecular formula is C21H20N4O3S. The Hall–Kier alpha value is -3.10. The molecule has 1 saturated heterocycles. The van der Waals surface area contributed by atoms with Crippen LogP contribution in [0.25, 0.3) is 10.9 Å². The van der Waals surface area contributed by atoms with Gasteiger partial charge in [-0.3, -0.25) is 19.3 Å². The number of ketones is 1. The second-order valence-corrected chi connectivity index (χ2v) is 7.76. The highest BCUT2D eigenvalue weighted by molar-refractivity contribution is 7.10. The number of hydrogen-bond donors (Lipinski definition) is 1. The van der Waals surface area contributed by atoms with E-state index >= 15 is 0 Å². The van der Waals surface area contributed by atoms with Crippen molar-refractivity contribution in [1.82, 2.24) is 14.2 Å². The van der Waals surface area contributed by atoms with Crippen LogP contribution in [0, 0.1) is 0 Å². The van der Waals surface area contributed by atoms with Crippen LogP contribution in [-0.4, -0.2) is 57.9 Å². The molecule has 0 spiro atoms. The zero-order valence-corrected chi connectivity index (χ0v) is 16.5. The highest BCUT2D eigenvalue weighted by Gasteiger charge is 2.24. The topological polar surface area (TPSA) is 96.6 Å². The summed E-state index contributed by atoms with van der Waals surface area (Å²) in [6.45, 7) is 3.74. The van der Waals surface area contributed by atoms with Gasteiger partial charge in [0.2, 0.25) is 0 Å². The van der Waals surface area contributed by atoms with Crippen molar-refractivity contribution in [3.63, 3.8) is 0 Å². The van der Waals surface area contributed by atoms with E-state index in [-0.39, 0.29) is 10.8 Å². The molecule has 1 aromatic heterocycles. The molecule has 2 heterocycles. The third-order valence-corrected chi connectivity index (χ3v) is 5.94. The summed E-state index contributed by atoms with van der Waals surface area (Å²) in [5.41, 5.74) is 7.42. The van der Waals surface area contributed by atoms with Crippen molar-refractivity contribution in [3.8, 4) is 0 Å². The van der Waals surface area contributed by atoms with Gasteiger partial charge in [0, 0.05) is 43.7 Å². The van der Waals surface area contributed by atoms with Gasteiger partial charge in [-0.25, -0.2) is 0 Å². The largest absolute Gasteiger partial charge is 0.363 e. The Morgan fingerprint density at radius 3 is 2.41 bits per heavy atom. The fourth-order valence-electron chi connectivity index (χ4n) is 3.48. The number of primary amides is 1. The molecule has 3 aromatic rings. The smallest absolute Gasteiger partial charge is 0.290 e. The minimum Gasteiger partial charge on any atom is -0.363 e. The maximum absolute atomic E-state index is 13.0. The highest BCUT2D eigenvalue weighted by Crippen LogP contribution is 2.25. The number of fused-ring (bicyclic) bond motifs is 1. The van der Waals surface area contributed by atoms with E-state index in [4.69, 9.17) is 5.73 Å². The minimum absolute atomic E-state index is 0.0880. The number of nitrogens with two attached hydrogens (primary N) is 1. The molecular weight excluding hydrogens is 388 g/mol. The second-order valence-electron chi connectivity index (χ2n) is 6.99. The van der Waals surface area contributed by atoms with Crippen molar-refractivity contribution in [2.24, 2.45) is 5.73 Å². The number of hydrogen-bond acceptors (Lipinski definition) is 6. The van der Waals surface area contributed by atoms with Crippen LogP contribution in [0.2, 0.25) is 0 Å². The van der Waals surface area contributed by atoms with Gasteiger partial charge in [0.25, 0.3) is 17.6 Å². The molecule has 2 aromatic carbocycles. The van der Waals surface area contributed by atoms with Gasteiger partial charge in [0.15, 0.2) is 0 Å². The van der Waals surface area contributed by atoms with Crippen molar-refractivity contribution < 1.29 is 14.4 Å². The Morgan fingerprint density at radius 1 is 1.00 bits per heavy atom. The normalized spacial score (nSPS) is 14.8. The molecule has 2 N–H and O–H groups in total. The van der Waals surface area contributed by atoms with E-state index in [9.17, 15) is 14.4 Å². The molecule has 0 aliphatic carbocycles. The number of nitrogens with zero attached hydrogens (tertiary/aromatic N) is 3. The molecule has 8 heteroatoms. The Labute approximate surface area is 171 Å². The maximum atomic E-state index is 13.0. The van der Waals surface area contributed by atoms with Crippen LogP contribution in [0.5, 0.6) is 0 Å². The van der Waals surface area contributed by atoms with Gasteiger partial charge < -0.3 is 10.6 Å². The minimum atomic E-state index is -1.03. The molecule has 0 unspecified atom stereocenters. The molecule has 0 saturated carbocycles. The summed E-state index contributed by atoms with van der Waals surface area (Å²) in [6.07, 6.45) is 0. The van der Waals surface area contributed by atoms with E-state index in [1.807, 2.05) is 23.1 Å². The second kappa shape index (κ2) is 8.10. The summed E-state index contributed by atoms with van der Waals surface area (Å²) < 4.78 is 4.17. The number of Topliss-reactive ketones (excluding diaryl/α,β-unsaturated/α-hetero) is 1. The van der Waals surface area contributed by atoms with Gasteiger partial charge in [0.1, 0.15) is 4.88 Å². The van der Waals surface area contributed by atoms with Gasteiger partial charge >= 0.3 is 0 Å². The lowest BCUT2D eigenvalue weighted by molar-refractivity contribution is -0.114. The summed E-state index contributed by atoms with van der Waals surface area (Å²) >= 11 is 0.924. The summed E-state index contributed by atoms with van der Waals surface area (Å²) in [5.74, 6) is -1.90. The lowest BCUT2D eigenvalue weighted by atomic mass is 10.1.